The fraction of sp³-hybridized carbons (Fsp3) is 0.429. The van der Waals surface area contributed by atoms with Crippen molar-refractivity contribution >= 4 is 16.9 Å². The maximum absolute atomic E-state index is 11.9. The van der Waals surface area contributed by atoms with Gasteiger partial charge in [-0.3, -0.25) is 4.79 Å². The zero-order valence-corrected chi connectivity index (χ0v) is 11.2. The first-order chi connectivity index (χ1) is 8.35. The van der Waals surface area contributed by atoms with Crippen LogP contribution in [-0.4, -0.2) is 16.6 Å². The van der Waals surface area contributed by atoms with Gasteiger partial charge in [-0.2, -0.15) is 0 Å². The van der Waals surface area contributed by atoms with E-state index in [4.69, 9.17) is 4.52 Å². The minimum atomic E-state index is -0.230. The molecule has 0 spiro atoms. The Morgan fingerprint density at radius 1 is 1.39 bits per heavy atom. The summed E-state index contributed by atoms with van der Waals surface area (Å²) in [5, 5.41) is 7.80. The highest BCUT2D eigenvalue weighted by atomic mass is 16.5. The van der Waals surface area contributed by atoms with Crippen LogP contribution in [0.2, 0.25) is 0 Å². The van der Waals surface area contributed by atoms with Crippen LogP contribution in [0.15, 0.2) is 22.7 Å². The Kier molecular flexibility index (Phi) is 3.11. The third-order valence-electron chi connectivity index (χ3n) is 2.54. The number of fused-ring (bicyclic) bond motifs is 1. The first-order valence-electron chi connectivity index (χ1n) is 6.01. The average molecular weight is 246 g/mol. The van der Waals surface area contributed by atoms with E-state index in [1.165, 1.54) is 0 Å². The number of aromatic nitrogens is 1. The summed E-state index contributed by atoms with van der Waals surface area (Å²) in [6.07, 6.45) is 0.244. The minimum absolute atomic E-state index is 0.0424. The molecule has 0 atom stereocenters. The maximum atomic E-state index is 11.9. The number of carbonyl (C=O) groups excluding carboxylic acids is 1. The molecule has 0 unspecified atom stereocenters. The van der Waals surface area contributed by atoms with Gasteiger partial charge in [0.15, 0.2) is 5.58 Å². The molecule has 18 heavy (non-hydrogen) atoms. The quantitative estimate of drug-likeness (QED) is 0.886. The summed E-state index contributed by atoms with van der Waals surface area (Å²) in [7, 11) is 0. The SMILES string of the molecule is Cc1ccc2onc(CC(=O)NC(C)(C)C)c2c1. The molecule has 2 rings (SSSR count). The van der Waals surface area contributed by atoms with Crippen LogP contribution in [0.4, 0.5) is 0 Å². The molecular formula is C14H18N2O2. The Hall–Kier alpha value is -1.84. The van der Waals surface area contributed by atoms with E-state index in [0.717, 1.165) is 16.5 Å². The summed E-state index contributed by atoms with van der Waals surface area (Å²) < 4.78 is 5.21. The van der Waals surface area contributed by atoms with E-state index < -0.39 is 0 Å². The van der Waals surface area contributed by atoms with E-state index in [9.17, 15) is 4.79 Å². The van der Waals surface area contributed by atoms with Crippen LogP contribution in [0, 0.1) is 6.92 Å². The number of rotatable bonds is 2. The van der Waals surface area contributed by atoms with Crippen molar-refractivity contribution in [3.05, 3.63) is 29.5 Å². The molecule has 4 nitrogen and oxygen atoms in total. The second-order valence-electron chi connectivity index (χ2n) is 5.60. The van der Waals surface area contributed by atoms with Gasteiger partial charge in [0, 0.05) is 10.9 Å². The number of carbonyl (C=O) groups is 1. The van der Waals surface area contributed by atoms with Crippen LogP contribution in [-0.2, 0) is 11.2 Å². The molecule has 1 amide bonds. The molecule has 0 radical (unpaired) electrons. The second-order valence-corrected chi connectivity index (χ2v) is 5.60. The first-order valence-corrected chi connectivity index (χ1v) is 6.01. The predicted octanol–water partition coefficient (Wildman–Crippen LogP) is 2.59. The number of hydrogen-bond acceptors (Lipinski definition) is 3. The van der Waals surface area contributed by atoms with Crippen LogP contribution in [0.1, 0.15) is 32.0 Å². The van der Waals surface area contributed by atoms with Crippen molar-refractivity contribution < 1.29 is 9.32 Å². The van der Waals surface area contributed by atoms with E-state index in [1.807, 2.05) is 45.9 Å². The molecule has 0 saturated carbocycles. The molecule has 0 bridgehead atoms. The number of nitrogens with one attached hydrogen (secondary N) is 1. The lowest BCUT2D eigenvalue weighted by atomic mass is 10.1. The first kappa shape index (κ1) is 12.6. The van der Waals surface area contributed by atoms with Crippen molar-refractivity contribution in [1.82, 2.24) is 10.5 Å². The van der Waals surface area contributed by atoms with Crippen molar-refractivity contribution in [2.45, 2.75) is 39.7 Å². The Balaban J connectivity index is 2.22. The van der Waals surface area contributed by atoms with Gasteiger partial charge in [-0.1, -0.05) is 16.8 Å². The topological polar surface area (TPSA) is 55.1 Å². The number of benzene rings is 1. The van der Waals surface area contributed by atoms with Gasteiger partial charge < -0.3 is 9.84 Å². The third kappa shape index (κ3) is 2.88. The van der Waals surface area contributed by atoms with Crippen LogP contribution < -0.4 is 5.32 Å². The summed E-state index contributed by atoms with van der Waals surface area (Å²) in [6, 6.07) is 5.83. The van der Waals surface area contributed by atoms with E-state index in [2.05, 4.69) is 10.5 Å². The molecule has 1 aromatic carbocycles. The van der Waals surface area contributed by atoms with E-state index in [0.29, 0.717) is 5.69 Å². The van der Waals surface area contributed by atoms with Crippen LogP contribution in [0.5, 0.6) is 0 Å². The van der Waals surface area contributed by atoms with Crippen molar-refractivity contribution in [1.29, 1.82) is 0 Å². The fourth-order valence-corrected chi connectivity index (χ4v) is 1.84. The molecule has 0 aliphatic heterocycles. The molecule has 96 valence electrons. The van der Waals surface area contributed by atoms with Gasteiger partial charge in [0.1, 0.15) is 5.69 Å². The molecule has 1 aromatic heterocycles. The standard InChI is InChI=1S/C14H18N2O2/c1-9-5-6-12-10(7-9)11(16-18-12)8-13(17)15-14(2,3)4/h5-7H,8H2,1-4H3,(H,15,17). The summed E-state index contributed by atoms with van der Waals surface area (Å²) in [6.45, 7) is 7.87. The molecule has 0 aliphatic rings. The largest absolute Gasteiger partial charge is 0.356 e. The summed E-state index contributed by atoms with van der Waals surface area (Å²) in [4.78, 5) is 11.9. The molecule has 1 N–H and O–H groups in total. The highest BCUT2D eigenvalue weighted by Crippen LogP contribution is 2.20. The molecule has 2 aromatic rings. The minimum Gasteiger partial charge on any atom is -0.356 e. The molecule has 4 heteroatoms. The average Bonchev–Trinajstić information content (AvgIpc) is 2.58. The molecule has 0 aliphatic carbocycles. The second kappa shape index (κ2) is 4.44. The smallest absolute Gasteiger partial charge is 0.226 e. The van der Waals surface area contributed by atoms with Crippen LogP contribution in [0.3, 0.4) is 0 Å². The third-order valence-corrected chi connectivity index (χ3v) is 2.54. The van der Waals surface area contributed by atoms with Crippen molar-refractivity contribution in [2.24, 2.45) is 0 Å². The van der Waals surface area contributed by atoms with Crippen LogP contribution >= 0.6 is 0 Å². The summed E-state index contributed by atoms with van der Waals surface area (Å²) >= 11 is 0. The van der Waals surface area contributed by atoms with Crippen molar-refractivity contribution in [3.63, 3.8) is 0 Å². The van der Waals surface area contributed by atoms with Gasteiger partial charge in [-0.15, -0.1) is 0 Å². The zero-order chi connectivity index (χ0) is 13.3. The van der Waals surface area contributed by atoms with Gasteiger partial charge in [-0.25, -0.2) is 0 Å². The number of amides is 1. The normalized spacial score (nSPS) is 11.8. The highest BCUT2D eigenvalue weighted by molar-refractivity contribution is 5.86. The number of aryl methyl sites for hydroxylation is 1. The molecule has 0 fully saturated rings. The lowest BCUT2D eigenvalue weighted by Crippen LogP contribution is -2.41. The van der Waals surface area contributed by atoms with Gasteiger partial charge in [0.25, 0.3) is 0 Å². The summed E-state index contributed by atoms with van der Waals surface area (Å²) in [5.74, 6) is -0.0424. The van der Waals surface area contributed by atoms with Crippen molar-refractivity contribution in [2.75, 3.05) is 0 Å². The highest BCUT2D eigenvalue weighted by Gasteiger charge is 2.17. The Labute approximate surface area is 106 Å². The molecule has 1 heterocycles. The van der Waals surface area contributed by atoms with Gasteiger partial charge in [-0.05, 0) is 39.8 Å². The van der Waals surface area contributed by atoms with Gasteiger partial charge >= 0.3 is 0 Å². The van der Waals surface area contributed by atoms with Gasteiger partial charge in [0.05, 0.1) is 6.42 Å². The van der Waals surface area contributed by atoms with Crippen LogP contribution in [0.25, 0.3) is 11.0 Å². The lowest BCUT2D eigenvalue weighted by molar-refractivity contribution is -0.121. The Bertz CT molecular complexity index is 579. The fourth-order valence-electron chi connectivity index (χ4n) is 1.84. The van der Waals surface area contributed by atoms with E-state index >= 15 is 0 Å². The molecule has 0 saturated heterocycles. The Morgan fingerprint density at radius 2 is 2.11 bits per heavy atom. The summed E-state index contributed by atoms with van der Waals surface area (Å²) in [5.41, 5.74) is 2.31. The Morgan fingerprint density at radius 3 is 2.78 bits per heavy atom. The van der Waals surface area contributed by atoms with E-state index in [-0.39, 0.29) is 17.9 Å². The predicted molar refractivity (Wildman–Crippen MR) is 70.3 cm³/mol. The van der Waals surface area contributed by atoms with Gasteiger partial charge in [0.2, 0.25) is 5.91 Å². The number of nitrogens with zero attached hydrogens (tertiary/aromatic N) is 1. The molecular weight excluding hydrogens is 228 g/mol. The zero-order valence-electron chi connectivity index (χ0n) is 11.2. The lowest BCUT2D eigenvalue weighted by Gasteiger charge is -2.20. The monoisotopic (exact) mass is 246 g/mol. The maximum Gasteiger partial charge on any atom is 0.226 e. The number of hydrogen-bond donors (Lipinski definition) is 1. The van der Waals surface area contributed by atoms with E-state index in [1.54, 1.807) is 0 Å². The van der Waals surface area contributed by atoms with Crippen molar-refractivity contribution in [3.8, 4) is 0 Å².